The van der Waals surface area contributed by atoms with Gasteiger partial charge in [-0.3, -0.25) is 4.79 Å². The van der Waals surface area contributed by atoms with Gasteiger partial charge in [-0.15, -0.1) is 0 Å². The van der Waals surface area contributed by atoms with E-state index in [2.05, 4.69) is 10.6 Å². The molecule has 1 saturated carbocycles. The van der Waals surface area contributed by atoms with Gasteiger partial charge in [0.05, 0.1) is 6.04 Å². The Morgan fingerprint density at radius 2 is 1.87 bits per heavy atom. The van der Waals surface area contributed by atoms with E-state index in [1.165, 1.54) is 11.8 Å². The Morgan fingerprint density at radius 3 is 2.30 bits per heavy atom. The summed E-state index contributed by atoms with van der Waals surface area (Å²) in [6, 6.07) is -2.72. The lowest BCUT2D eigenvalue weighted by Gasteiger charge is -2.41. The van der Waals surface area contributed by atoms with Crippen molar-refractivity contribution in [2.45, 2.75) is 57.8 Å². The van der Waals surface area contributed by atoms with E-state index in [0.717, 1.165) is 19.3 Å². The van der Waals surface area contributed by atoms with Crippen molar-refractivity contribution in [3.8, 4) is 0 Å². The first-order valence-electron chi connectivity index (χ1n) is 8.14. The minimum absolute atomic E-state index is 0.00548. The number of nitrogens with zero attached hydrogens (tertiary/aromatic N) is 1. The predicted molar refractivity (Wildman–Crippen MR) is 78.7 cm³/mol. The molecule has 1 aliphatic carbocycles. The molecule has 0 radical (unpaired) electrons. The van der Waals surface area contributed by atoms with E-state index in [1.54, 1.807) is 6.92 Å². The van der Waals surface area contributed by atoms with Gasteiger partial charge < -0.3 is 15.5 Å². The van der Waals surface area contributed by atoms with Crippen LogP contribution in [0.4, 0.5) is 18.0 Å². The van der Waals surface area contributed by atoms with E-state index in [-0.39, 0.29) is 31.0 Å². The van der Waals surface area contributed by atoms with Crippen LogP contribution in [0.5, 0.6) is 0 Å². The summed E-state index contributed by atoms with van der Waals surface area (Å²) in [6.07, 6.45) is -1.29. The molecule has 23 heavy (non-hydrogen) atoms. The van der Waals surface area contributed by atoms with Gasteiger partial charge in [0.1, 0.15) is 6.04 Å². The topological polar surface area (TPSA) is 61.4 Å². The molecule has 2 rings (SSSR count). The summed E-state index contributed by atoms with van der Waals surface area (Å²) < 4.78 is 39.0. The summed E-state index contributed by atoms with van der Waals surface area (Å²) >= 11 is 0. The van der Waals surface area contributed by atoms with E-state index in [1.807, 2.05) is 0 Å². The largest absolute Gasteiger partial charge is 0.408 e. The molecule has 0 spiro atoms. The first kappa shape index (κ1) is 17.9. The average Bonchev–Trinajstić information content (AvgIpc) is 2.35. The second kappa shape index (κ2) is 6.97. The minimum Gasteiger partial charge on any atom is -0.350 e. The zero-order valence-corrected chi connectivity index (χ0v) is 13.4. The van der Waals surface area contributed by atoms with Gasteiger partial charge >= 0.3 is 12.2 Å². The summed E-state index contributed by atoms with van der Waals surface area (Å²) in [6.45, 7) is 3.64. The molecule has 2 N–H and O–H groups in total. The highest BCUT2D eigenvalue weighted by Gasteiger charge is 2.45. The third kappa shape index (κ3) is 4.29. The summed E-state index contributed by atoms with van der Waals surface area (Å²) in [5.41, 5.74) is 0. The van der Waals surface area contributed by atoms with Crippen LogP contribution >= 0.6 is 0 Å². The standard InChI is InChI=1S/C15H24F3N3O2/c1-3-9(2)12(15(16,17)18)20-14(23)21-7-11(8-21)19-13(22)10-5-4-6-10/h9-12H,3-8H2,1-2H3,(H,19,22)(H,20,23). The Morgan fingerprint density at radius 1 is 1.26 bits per heavy atom. The lowest BCUT2D eigenvalue weighted by Crippen LogP contribution is -2.65. The first-order chi connectivity index (χ1) is 10.7. The van der Waals surface area contributed by atoms with Gasteiger partial charge in [-0.1, -0.05) is 26.7 Å². The highest BCUT2D eigenvalue weighted by atomic mass is 19.4. The van der Waals surface area contributed by atoms with Crippen molar-refractivity contribution in [2.75, 3.05) is 13.1 Å². The smallest absolute Gasteiger partial charge is 0.350 e. The molecule has 1 aliphatic heterocycles. The van der Waals surface area contributed by atoms with E-state index in [9.17, 15) is 22.8 Å². The highest BCUT2D eigenvalue weighted by molar-refractivity contribution is 5.80. The van der Waals surface area contributed by atoms with Crippen LogP contribution in [0.2, 0.25) is 0 Å². The number of likely N-dealkylation sites (tertiary alicyclic amines) is 1. The van der Waals surface area contributed by atoms with Crippen molar-refractivity contribution < 1.29 is 22.8 Å². The Kier molecular flexibility index (Phi) is 5.41. The fourth-order valence-electron chi connectivity index (χ4n) is 2.73. The van der Waals surface area contributed by atoms with Gasteiger partial charge in [-0.05, 0) is 18.8 Å². The number of halogens is 3. The molecule has 1 heterocycles. The number of alkyl halides is 3. The molecular formula is C15H24F3N3O2. The number of hydrogen-bond acceptors (Lipinski definition) is 2. The summed E-state index contributed by atoms with van der Waals surface area (Å²) in [4.78, 5) is 25.0. The zero-order chi connectivity index (χ0) is 17.2. The van der Waals surface area contributed by atoms with Gasteiger partial charge in [0.2, 0.25) is 5.91 Å². The molecule has 3 amide bonds. The van der Waals surface area contributed by atoms with E-state index in [4.69, 9.17) is 0 Å². The van der Waals surface area contributed by atoms with E-state index >= 15 is 0 Å². The number of urea groups is 1. The van der Waals surface area contributed by atoms with Crippen LogP contribution in [0, 0.1) is 11.8 Å². The molecule has 1 saturated heterocycles. The maximum atomic E-state index is 13.0. The molecule has 2 unspecified atom stereocenters. The van der Waals surface area contributed by atoms with E-state index < -0.39 is 24.2 Å². The maximum absolute atomic E-state index is 13.0. The molecule has 0 aromatic rings. The number of nitrogens with one attached hydrogen (secondary N) is 2. The number of hydrogen-bond donors (Lipinski definition) is 2. The quantitative estimate of drug-likeness (QED) is 0.810. The first-order valence-corrected chi connectivity index (χ1v) is 8.14. The second-order valence-electron chi connectivity index (χ2n) is 6.59. The molecule has 2 fully saturated rings. The Labute approximate surface area is 134 Å². The molecule has 0 aromatic heterocycles. The SMILES string of the molecule is CCC(C)C(NC(=O)N1CC(NC(=O)C2CCC2)C1)C(F)(F)F. The highest BCUT2D eigenvalue weighted by Crippen LogP contribution is 2.28. The Balaban J connectivity index is 1.77. The van der Waals surface area contributed by atoms with Crippen molar-refractivity contribution in [3.05, 3.63) is 0 Å². The zero-order valence-electron chi connectivity index (χ0n) is 13.4. The second-order valence-corrected chi connectivity index (χ2v) is 6.59. The third-order valence-electron chi connectivity index (χ3n) is 4.84. The molecule has 2 atom stereocenters. The monoisotopic (exact) mass is 335 g/mol. The summed E-state index contributed by atoms with van der Waals surface area (Å²) in [5.74, 6) is -0.624. The molecular weight excluding hydrogens is 311 g/mol. The van der Waals surface area contributed by atoms with Crippen LogP contribution in [-0.4, -0.2) is 48.2 Å². The van der Waals surface area contributed by atoms with Crippen LogP contribution in [0.15, 0.2) is 0 Å². The van der Waals surface area contributed by atoms with E-state index in [0.29, 0.717) is 6.42 Å². The molecule has 132 valence electrons. The van der Waals surface area contributed by atoms with Crippen molar-refractivity contribution >= 4 is 11.9 Å². The van der Waals surface area contributed by atoms with Crippen LogP contribution < -0.4 is 10.6 Å². The van der Waals surface area contributed by atoms with Gasteiger partial charge in [-0.2, -0.15) is 13.2 Å². The van der Waals surface area contributed by atoms with Crippen LogP contribution in [-0.2, 0) is 4.79 Å². The number of carbonyl (C=O) groups is 2. The number of amides is 3. The predicted octanol–water partition coefficient (Wildman–Crippen LogP) is 2.27. The molecule has 0 bridgehead atoms. The number of carbonyl (C=O) groups excluding carboxylic acids is 2. The van der Waals surface area contributed by atoms with Crippen LogP contribution in [0.3, 0.4) is 0 Å². The van der Waals surface area contributed by atoms with Gasteiger partial charge in [0.25, 0.3) is 0 Å². The Hall–Kier alpha value is -1.47. The van der Waals surface area contributed by atoms with Crippen LogP contribution in [0.25, 0.3) is 0 Å². The maximum Gasteiger partial charge on any atom is 0.408 e. The van der Waals surface area contributed by atoms with Crippen LogP contribution in [0.1, 0.15) is 39.5 Å². The van der Waals surface area contributed by atoms with Gasteiger partial charge in [0.15, 0.2) is 0 Å². The summed E-state index contributed by atoms with van der Waals surface area (Å²) in [7, 11) is 0. The van der Waals surface area contributed by atoms with Gasteiger partial charge in [0, 0.05) is 19.0 Å². The molecule has 0 aromatic carbocycles. The van der Waals surface area contributed by atoms with Crippen molar-refractivity contribution in [1.29, 1.82) is 0 Å². The summed E-state index contributed by atoms with van der Waals surface area (Å²) in [5, 5.41) is 4.92. The Bertz CT molecular complexity index is 446. The normalized spacial score (nSPS) is 21.9. The molecule has 2 aliphatic rings. The minimum atomic E-state index is -4.46. The number of rotatable bonds is 5. The fraction of sp³-hybridized carbons (Fsp3) is 0.867. The lowest BCUT2D eigenvalue weighted by atomic mass is 9.84. The molecule has 5 nitrogen and oxygen atoms in total. The lowest BCUT2D eigenvalue weighted by molar-refractivity contribution is -0.164. The fourth-order valence-corrected chi connectivity index (χ4v) is 2.73. The third-order valence-corrected chi connectivity index (χ3v) is 4.84. The van der Waals surface area contributed by atoms with Gasteiger partial charge in [-0.25, -0.2) is 4.79 Å². The van der Waals surface area contributed by atoms with Crippen molar-refractivity contribution in [1.82, 2.24) is 15.5 Å². The van der Waals surface area contributed by atoms with Crippen molar-refractivity contribution in [3.63, 3.8) is 0 Å². The molecule has 8 heteroatoms. The van der Waals surface area contributed by atoms with Crippen molar-refractivity contribution in [2.24, 2.45) is 11.8 Å². The average molecular weight is 335 g/mol.